The summed E-state index contributed by atoms with van der Waals surface area (Å²) in [5.41, 5.74) is 0. The lowest BCUT2D eigenvalue weighted by Crippen LogP contribution is -2.34. The number of aryl methyl sites for hydroxylation is 2. The van der Waals surface area contributed by atoms with Crippen LogP contribution in [0.5, 0.6) is 0 Å². The standard InChI is InChI=1S/C14H19N3O2S/c1-5-10-15-12(17-11(7(2)3)14(18)19)9-6-8(4)20-13(9)16-10/h6-7,11H,5H2,1-4H3,(H,18,19)(H,15,16,17)/t11-/m0/s1. The number of fused-ring (bicyclic) bond motifs is 1. The molecule has 5 nitrogen and oxygen atoms in total. The minimum Gasteiger partial charge on any atom is -0.480 e. The van der Waals surface area contributed by atoms with Gasteiger partial charge in [0.2, 0.25) is 0 Å². The first-order valence-electron chi connectivity index (χ1n) is 6.68. The molecule has 108 valence electrons. The normalized spacial score (nSPS) is 12.8. The van der Waals surface area contributed by atoms with Gasteiger partial charge in [-0.1, -0.05) is 20.8 Å². The SMILES string of the molecule is CCc1nc(N[C@H](C(=O)O)C(C)C)c2cc(C)sc2n1. The Morgan fingerprint density at radius 2 is 2.15 bits per heavy atom. The molecule has 2 aromatic rings. The van der Waals surface area contributed by atoms with Gasteiger partial charge in [-0.05, 0) is 18.9 Å². The number of rotatable bonds is 5. The highest BCUT2D eigenvalue weighted by Gasteiger charge is 2.23. The number of anilines is 1. The van der Waals surface area contributed by atoms with Crippen LogP contribution in [0.2, 0.25) is 0 Å². The van der Waals surface area contributed by atoms with Crippen molar-refractivity contribution in [3.8, 4) is 0 Å². The highest BCUT2D eigenvalue weighted by molar-refractivity contribution is 7.18. The van der Waals surface area contributed by atoms with Crippen molar-refractivity contribution in [1.82, 2.24) is 9.97 Å². The number of nitrogens with zero attached hydrogens (tertiary/aromatic N) is 2. The van der Waals surface area contributed by atoms with E-state index in [1.165, 1.54) is 0 Å². The molecule has 2 heterocycles. The van der Waals surface area contributed by atoms with Crippen molar-refractivity contribution in [1.29, 1.82) is 0 Å². The molecular weight excluding hydrogens is 274 g/mol. The van der Waals surface area contributed by atoms with E-state index in [1.54, 1.807) is 11.3 Å². The summed E-state index contributed by atoms with van der Waals surface area (Å²) in [5, 5.41) is 13.3. The van der Waals surface area contributed by atoms with Gasteiger partial charge in [0.1, 0.15) is 22.5 Å². The smallest absolute Gasteiger partial charge is 0.326 e. The Hall–Kier alpha value is -1.69. The number of nitrogens with one attached hydrogen (secondary N) is 1. The lowest BCUT2D eigenvalue weighted by molar-refractivity contribution is -0.138. The van der Waals surface area contributed by atoms with Crippen LogP contribution in [-0.4, -0.2) is 27.1 Å². The molecule has 0 radical (unpaired) electrons. The summed E-state index contributed by atoms with van der Waals surface area (Å²) >= 11 is 1.60. The van der Waals surface area contributed by atoms with Crippen LogP contribution in [0.25, 0.3) is 10.2 Å². The Morgan fingerprint density at radius 1 is 1.45 bits per heavy atom. The molecule has 2 N–H and O–H groups in total. The number of carboxylic acids is 1. The molecule has 0 bridgehead atoms. The van der Waals surface area contributed by atoms with Crippen LogP contribution in [0.1, 0.15) is 31.5 Å². The highest BCUT2D eigenvalue weighted by atomic mass is 32.1. The summed E-state index contributed by atoms with van der Waals surface area (Å²) in [4.78, 5) is 22.3. The summed E-state index contributed by atoms with van der Waals surface area (Å²) in [5.74, 6) is 0.464. The molecular formula is C14H19N3O2S. The van der Waals surface area contributed by atoms with Gasteiger partial charge in [-0.15, -0.1) is 11.3 Å². The van der Waals surface area contributed by atoms with E-state index >= 15 is 0 Å². The molecule has 1 atom stereocenters. The Labute approximate surface area is 122 Å². The summed E-state index contributed by atoms with van der Waals surface area (Å²) in [6.07, 6.45) is 0.723. The van der Waals surface area contributed by atoms with Gasteiger partial charge in [0.25, 0.3) is 0 Å². The zero-order valence-electron chi connectivity index (χ0n) is 12.1. The summed E-state index contributed by atoms with van der Waals surface area (Å²) < 4.78 is 0. The van der Waals surface area contributed by atoms with E-state index in [0.717, 1.165) is 27.3 Å². The van der Waals surface area contributed by atoms with Crippen molar-refractivity contribution >= 4 is 33.3 Å². The molecule has 0 saturated carbocycles. The number of hydrogen-bond acceptors (Lipinski definition) is 5. The van der Waals surface area contributed by atoms with E-state index in [2.05, 4.69) is 15.3 Å². The van der Waals surface area contributed by atoms with E-state index in [4.69, 9.17) is 0 Å². The molecule has 0 spiro atoms. The van der Waals surface area contributed by atoms with Crippen molar-refractivity contribution in [2.45, 2.75) is 40.2 Å². The topological polar surface area (TPSA) is 75.1 Å². The van der Waals surface area contributed by atoms with Gasteiger partial charge in [0.15, 0.2) is 0 Å². The minimum atomic E-state index is -0.864. The Kier molecular flexibility index (Phi) is 4.23. The number of aromatic nitrogens is 2. The van der Waals surface area contributed by atoms with Crippen molar-refractivity contribution in [3.05, 3.63) is 16.8 Å². The number of thiophene rings is 1. The van der Waals surface area contributed by atoms with E-state index in [0.29, 0.717) is 5.82 Å². The van der Waals surface area contributed by atoms with Gasteiger partial charge in [0.05, 0.1) is 5.39 Å². The first kappa shape index (κ1) is 14.7. The summed E-state index contributed by atoms with van der Waals surface area (Å²) in [6.45, 7) is 7.76. The predicted octanol–water partition coefficient (Wildman–Crippen LogP) is 3.08. The molecule has 0 aliphatic carbocycles. The van der Waals surface area contributed by atoms with E-state index in [1.807, 2.05) is 33.8 Å². The second-order valence-corrected chi connectivity index (χ2v) is 6.36. The first-order chi connectivity index (χ1) is 9.42. The zero-order chi connectivity index (χ0) is 14.9. The Bertz CT molecular complexity index is 637. The molecule has 6 heteroatoms. The van der Waals surface area contributed by atoms with Crippen LogP contribution >= 0.6 is 11.3 Å². The van der Waals surface area contributed by atoms with Crippen molar-refractivity contribution in [3.63, 3.8) is 0 Å². The van der Waals surface area contributed by atoms with Crippen LogP contribution in [0, 0.1) is 12.8 Å². The molecule has 0 amide bonds. The molecule has 0 unspecified atom stereocenters. The minimum absolute atomic E-state index is 0.0256. The van der Waals surface area contributed by atoms with Crippen LogP contribution in [0.3, 0.4) is 0 Å². The fraction of sp³-hybridized carbons (Fsp3) is 0.500. The maximum atomic E-state index is 11.3. The number of carbonyl (C=O) groups is 1. The third kappa shape index (κ3) is 2.90. The lowest BCUT2D eigenvalue weighted by Gasteiger charge is -2.19. The summed E-state index contributed by atoms with van der Waals surface area (Å²) in [7, 11) is 0. The third-order valence-corrected chi connectivity index (χ3v) is 4.05. The molecule has 0 aliphatic heterocycles. The average Bonchev–Trinajstić information content (AvgIpc) is 2.74. The Morgan fingerprint density at radius 3 is 2.70 bits per heavy atom. The molecule has 0 aliphatic rings. The maximum Gasteiger partial charge on any atom is 0.326 e. The van der Waals surface area contributed by atoms with Gasteiger partial charge in [0, 0.05) is 11.3 Å². The zero-order valence-corrected chi connectivity index (χ0v) is 12.9. The van der Waals surface area contributed by atoms with E-state index < -0.39 is 12.0 Å². The van der Waals surface area contributed by atoms with Gasteiger partial charge >= 0.3 is 5.97 Å². The van der Waals surface area contributed by atoms with E-state index in [-0.39, 0.29) is 5.92 Å². The summed E-state index contributed by atoms with van der Waals surface area (Å²) in [6, 6.07) is 1.35. The molecule has 2 aromatic heterocycles. The number of carboxylic acid groups (broad SMARTS) is 1. The van der Waals surface area contributed by atoms with Gasteiger partial charge in [-0.25, -0.2) is 14.8 Å². The predicted molar refractivity (Wildman–Crippen MR) is 81.4 cm³/mol. The number of hydrogen-bond donors (Lipinski definition) is 2. The van der Waals surface area contributed by atoms with Crippen LogP contribution in [-0.2, 0) is 11.2 Å². The lowest BCUT2D eigenvalue weighted by atomic mass is 10.0. The van der Waals surface area contributed by atoms with Gasteiger partial charge < -0.3 is 10.4 Å². The quantitative estimate of drug-likeness (QED) is 0.886. The molecule has 0 saturated heterocycles. The van der Waals surface area contributed by atoms with Crippen LogP contribution in [0.4, 0.5) is 5.82 Å². The highest BCUT2D eigenvalue weighted by Crippen LogP contribution is 2.29. The average molecular weight is 293 g/mol. The van der Waals surface area contributed by atoms with Crippen molar-refractivity contribution < 1.29 is 9.90 Å². The van der Waals surface area contributed by atoms with E-state index in [9.17, 15) is 9.90 Å². The van der Waals surface area contributed by atoms with Crippen molar-refractivity contribution in [2.24, 2.45) is 5.92 Å². The maximum absolute atomic E-state index is 11.3. The molecule has 2 rings (SSSR count). The fourth-order valence-electron chi connectivity index (χ4n) is 2.02. The molecule has 20 heavy (non-hydrogen) atoms. The second-order valence-electron chi connectivity index (χ2n) is 5.12. The van der Waals surface area contributed by atoms with Crippen molar-refractivity contribution in [2.75, 3.05) is 5.32 Å². The fourth-order valence-corrected chi connectivity index (χ4v) is 2.91. The van der Waals surface area contributed by atoms with Crippen LogP contribution in [0.15, 0.2) is 6.07 Å². The van der Waals surface area contributed by atoms with Crippen LogP contribution < -0.4 is 5.32 Å². The first-order valence-corrected chi connectivity index (χ1v) is 7.50. The number of aliphatic carboxylic acids is 1. The van der Waals surface area contributed by atoms with Gasteiger partial charge in [-0.2, -0.15) is 0 Å². The van der Waals surface area contributed by atoms with Gasteiger partial charge in [-0.3, -0.25) is 0 Å². The third-order valence-electron chi connectivity index (χ3n) is 3.10. The largest absolute Gasteiger partial charge is 0.480 e. The second kappa shape index (κ2) is 5.75. The molecule has 0 aromatic carbocycles. The molecule has 0 fully saturated rings. The Balaban J connectivity index is 2.48. The monoisotopic (exact) mass is 293 g/mol.